The zero-order valence-corrected chi connectivity index (χ0v) is 16.7. The Kier molecular flexibility index (Phi) is 4.71. The number of fused-ring (bicyclic) bond motifs is 1. The fourth-order valence-electron chi connectivity index (χ4n) is 3.35. The molecular weight excluding hydrogens is 384 g/mol. The molecule has 3 heterocycles. The molecule has 9 nitrogen and oxygen atoms in total. The first kappa shape index (κ1) is 19.2. The number of H-pyrrole nitrogens is 1. The number of aldehydes is 1. The third-order valence-electron chi connectivity index (χ3n) is 4.71. The molecule has 1 aromatic carbocycles. The first-order chi connectivity index (χ1) is 14.3. The highest BCUT2D eigenvalue weighted by Gasteiger charge is 2.16. The first-order valence-electron chi connectivity index (χ1n) is 9.21. The second-order valence-electron chi connectivity index (χ2n) is 7.07. The molecule has 152 valence electrons. The summed E-state index contributed by atoms with van der Waals surface area (Å²) in [6.45, 7) is 1.41. The predicted molar refractivity (Wildman–Crippen MR) is 114 cm³/mol. The van der Waals surface area contributed by atoms with Crippen LogP contribution in [0.25, 0.3) is 22.6 Å². The molecule has 3 N–H and O–H groups in total. The van der Waals surface area contributed by atoms with Crippen molar-refractivity contribution in [3.63, 3.8) is 0 Å². The molecule has 2 amide bonds. The van der Waals surface area contributed by atoms with Crippen LogP contribution in [0.15, 0.2) is 42.7 Å². The van der Waals surface area contributed by atoms with Crippen LogP contribution in [0.3, 0.4) is 0 Å². The minimum atomic E-state index is -0.300. The maximum atomic E-state index is 12.7. The Morgan fingerprint density at radius 1 is 1.03 bits per heavy atom. The van der Waals surface area contributed by atoms with Gasteiger partial charge in [0.25, 0.3) is 5.91 Å². The molecule has 0 atom stereocenters. The number of anilines is 2. The van der Waals surface area contributed by atoms with E-state index in [0.29, 0.717) is 28.5 Å². The molecule has 0 aliphatic rings. The monoisotopic (exact) mass is 404 g/mol. The van der Waals surface area contributed by atoms with E-state index in [9.17, 15) is 14.4 Å². The Morgan fingerprint density at radius 3 is 2.50 bits per heavy atom. The summed E-state index contributed by atoms with van der Waals surface area (Å²) in [6.07, 6.45) is 4.25. The van der Waals surface area contributed by atoms with Crippen LogP contribution in [0.2, 0.25) is 0 Å². The van der Waals surface area contributed by atoms with Crippen LogP contribution < -0.4 is 10.6 Å². The molecule has 0 aliphatic heterocycles. The molecule has 0 aliphatic carbocycles. The summed E-state index contributed by atoms with van der Waals surface area (Å²) < 4.78 is 3.50. The van der Waals surface area contributed by atoms with E-state index in [2.05, 4.69) is 20.6 Å². The Hall–Kier alpha value is -4.14. The summed E-state index contributed by atoms with van der Waals surface area (Å²) in [5.41, 5.74) is 4.43. The van der Waals surface area contributed by atoms with E-state index in [1.165, 1.54) is 6.92 Å². The molecule has 4 aromatic rings. The molecule has 0 unspecified atom stereocenters. The van der Waals surface area contributed by atoms with Crippen LogP contribution in [0.1, 0.15) is 27.8 Å². The summed E-state index contributed by atoms with van der Waals surface area (Å²) in [6, 6.07) is 8.67. The highest BCUT2D eigenvalue weighted by Crippen LogP contribution is 2.25. The summed E-state index contributed by atoms with van der Waals surface area (Å²) in [4.78, 5) is 42.7. The molecular formula is C21H20N6O3. The zero-order chi connectivity index (χ0) is 21.4. The van der Waals surface area contributed by atoms with Gasteiger partial charge < -0.3 is 24.8 Å². The van der Waals surface area contributed by atoms with E-state index >= 15 is 0 Å². The molecule has 0 bridgehead atoms. The number of imidazole rings is 1. The smallest absolute Gasteiger partial charge is 0.272 e. The number of carbonyl (C=O) groups is 3. The molecule has 30 heavy (non-hydrogen) atoms. The van der Waals surface area contributed by atoms with Gasteiger partial charge in [0.1, 0.15) is 12.0 Å². The third-order valence-corrected chi connectivity index (χ3v) is 4.71. The van der Waals surface area contributed by atoms with Gasteiger partial charge in [0.05, 0.1) is 28.1 Å². The van der Waals surface area contributed by atoms with E-state index in [1.54, 1.807) is 48.3 Å². The Bertz CT molecular complexity index is 1290. The fraction of sp³-hybridized carbons (Fsp3) is 0.143. The van der Waals surface area contributed by atoms with E-state index in [1.807, 2.05) is 17.7 Å². The van der Waals surface area contributed by atoms with Crippen LogP contribution in [0.4, 0.5) is 11.4 Å². The average molecular weight is 404 g/mol. The van der Waals surface area contributed by atoms with Gasteiger partial charge >= 0.3 is 0 Å². The highest BCUT2D eigenvalue weighted by molar-refractivity contribution is 6.04. The Morgan fingerprint density at radius 2 is 1.77 bits per heavy atom. The standard InChI is InChI=1S/C21H20N6O3/c1-12(29)22-14-8-19(27(3)9-14)21(30)23-15-7-18(26(2)10-15)20-24-16-5-4-13(11-28)6-17(16)25-20/h4-11H,1-3H3,(H,22,29)(H,23,30)(H,24,25). The van der Waals surface area contributed by atoms with Gasteiger partial charge in [-0.25, -0.2) is 4.98 Å². The molecule has 3 aromatic heterocycles. The number of benzene rings is 1. The third kappa shape index (κ3) is 3.60. The number of aromatic nitrogens is 4. The van der Waals surface area contributed by atoms with Gasteiger partial charge in [0.15, 0.2) is 5.82 Å². The lowest BCUT2D eigenvalue weighted by Gasteiger charge is -2.03. The van der Waals surface area contributed by atoms with Crippen molar-refractivity contribution in [3.8, 4) is 11.5 Å². The zero-order valence-electron chi connectivity index (χ0n) is 16.7. The number of aryl methyl sites for hydroxylation is 2. The van der Waals surface area contributed by atoms with Gasteiger partial charge in [-0.3, -0.25) is 14.4 Å². The lowest BCUT2D eigenvalue weighted by atomic mass is 10.2. The van der Waals surface area contributed by atoms with Crippen molar-refractivity contribution in [2.24, 2.45) is 14.1 Å². The second kappa shape index (κ2) is 7.36. The number of hydrogen-bond acceptors (Lipinski definition) is 4. The molecule has 0 saturated carbocycles. The van der Waals surface area contributed by atoms with Crippen molar-refractivity contribution in [1.29, 1.82) is 0 Å². The number of carbonyl (C=O) groups excluding carboxylic acids is 3. The maximum absolute atomic E-state index is 12.7. The lowest BCUT2D eigenvalue weighted by molar-refractivity contribution is -0.114. The van der Waals surface area contributed by atoms with E-state index in [0.717, 1.165) is 23.0 Å². The molecule has 0 spiro atoms. The number of aromatic amines is 1. The molecule has 0 saturated heterocycles. The van der Waals surface area contributed by atoms with Crippen molar-refractivity contribution in [2.75, 3.05) is 10.6 Å². The van der Waals surface area contributed by atoms with E-state index in [-0.39, 0.29) is 11.8 Å². The summed E-state index contributed by atoms with van der Waals surface area (Å²) in [5.74, 6) is 0.126. The predicted octanol–water partition coefficient (Wildman–Crippen LogP) is 2.93. The van der Waals surface area contributed by atoms with Crippen LogP contribution >= 0.6 is 0 Å². The fourth-order valence-corrected chi connectivity index (χ4v) is 3.35. The first-order valence-corrected chi connectivity index (χ1v) is 9.21. The van der Waals surface area contributed by atoms with Gasteiger partial charge in [0.2, 0.25) is 5.91 Å². The summed E-state index contributed by atoms with van der Waals surface area (Å²) in [7, 11) is 3.59. The largest absolute Gasteiger partial charge is 0.346 e. The number of nitrogens with zero attached hydrogens (tertiary/aromatic N) is 3. The topological polar surface area (TPSA) is 114 Å². The van der Waals surface area contributed by atoms with Crippen molar-refractivity contribution in [3.05, 3.63) is 54.0 Å². The lowest BCUT2D eigenvalue weighted by Crippen LogP contribution is -2.14. The van der Waals surface area contributed by atoms with Crippen molar-refractivity contribution < 1.29 is 14.4 Å². The van der Waals surface area contributed by atoms with Crippen LogP contribution in [0, 0.1) is 0 Å². The SMILES string of the molecule is CC(=O)Nc1cc(C(=O)Nc2cc(-c3nc4ccc(C=O)cc4[nH]3)n(C)c2)n(C)c1. The summed E-state index contributed by atoms with van der Waals surface area (Å²) >= 11 is 0. The van der Waals surface area contributed by atoms with E-state index < -0.39 is 0 Å². The normalized spacial score (nSPS) is 10.9. The molecule has 0 fully saturated rings. The Balaban J connectivity index is 1.58. The van der Waals surface area contributed by atoms with Crippen molar-refractivity contribution in [1.82, 2.24) is 19.1 Å². The van der Waals surface area contributed by atoms with Gasteiger partial charge in [0, 0.05) is 39.0 Å². The van der Waals surface area contributed by atoms with Crippen LogP contribution in [-0.2, 0) is 18.9 Å². The molecule has 0 radical (unpaired) electrons. The second-order valence-corrected chi connectivity index (χ2v) is 7.07. The maximum Gasteiger partial charge on any atom is 0.272 e. The van der Waals surface area contributed by atoms with Crippen molar-refractivity contribution in [2.45, 2.75) is 6.92 Å². The quantitative estimate of drug-likeness (QED) is 0.444. The average Bonchev–Trinajstić information content (AvgIpc) is 3.36. The molecule has 9 heteroatoms. The van der Waals surface area contributed by atoms with Crippen LogP contribution in [-0.4, -0.2) is 37.2 Å². The van der Waals surface area contributed by atoms with Gasteiger partial charge in [-0.15, -0.1) is 0 Å². The molecule has 4 rings (SSSR count). The van der Waals surface area contributed by atoms with Gasteiger partial charge in [-0.05, 0) is 30.3 Å². The van der Waals surface area contributed by atoms with Gasteiger partial charge in [-0.1, -0.05) is 0 Å². The highest BCUT2D eigenvalue weighted by atomic mass is 16.2. The number of amides is 2. The minimum absolute atomic E-state index is 0.202. The number of nitrogens with one attached hydrogen (secondary N) is 3. The van der Waals surface area contributed by atoms with Gasteiger partial charge in [-0.2, -0.15) is 0 Å². The van der Waals surface area contributed by atoms with Crippen LogP contribution in [0.5, 0.6) is 0 Å². The minimum Gasteiger partial charge on any atom is -0.346 e. The Labute approximate surface area is 171 Å². The van der Waals surface area contributed by atoms with E-state index in [4.69, 9.17) is 0 Å². The van der Waals surface area contributed by atoms with Crippen molar-refractivity contribution >= 4 is 40.5 Å². The number of hydrogen-bond donors (Lipinski definition) is 3. The number of rotatable bonds is 5. The summed E-state index contributed by atoms with van der Waals surface area (Å²) in [5, 5.41) is 5.53.